The predicted molar refractivity (Wildman–Crippen MR) is 95.8 cm³/mol. The Labute approximate surface area is 137 Å². The molecule has 0 fully saturated rings. The standard InChI is InChI=1S/C20H22N2O/c1-15(2)20(3,4)22-18(16-11-7-5-8-12-16)21-19(23)17-13-9-6-10-14-17/h5-14H,1H2,2-4H3,(H,21,22,23). The van der Waals surface area contributed by atoms with Crippen LogP contribution in [0.3, 0.4) is 0 Å². The van der Waals surface area contributed by atoms with Crippen LogP contribution in [0.2, 0.25) is 0 Å². The molecule has 0 saturated heterocycles. The molecule has 2 rings (SSSR count). The average molecular weight is 306 g/mol. The van der Waals surface area contributed by atoms with Crippen LogP contribution in [0.15, 0.2) is 77.8 Å². The van der Waals surface area contributed by atoms with E-state index < -0.39 is 5.54 Å². The Morgan fingerprint density at radius 1 is 0.957 bits per heavy atom. The fraction of sp³-hybridized carbons (Fsp3) is 0.200. The summed E-state index contributed by atoms with van der Waals surface area (Å²) in [5, 5.41) is 2.93. The van der Waals surface area contributed by atoms with Crippen molar-refractivity contribution in [3.63, 3.8) is 0 Å². The smallest absolute Gasteiger partial charge is 0.256 e. The molecule has 0 aliphatic heterocycles. The van der Waals surface area contributed by atoms with Crippen molar-refractivity contribution in [2.45, 2.75) is 26.3 Å². The van der Waals surface area contributed by atoms with Crippen LogP contribution >= 0.6 is 0 Å². The molecule has 0 bridgehead atoms. The molecule has 0 saturated carbocycles. The van der Waals surface area contributed by atoms with Crippen LogP contribution in [-0.2, 0) is 0 Å². The van der Waals surface area contributed by atoms with Gasteiger partial charge in [0.15, 0.2) is 0 Å². The highest BCUT2D eigenvalue weighted by molar-refractivity contribution is 6.12. The van der Waals surface area contributed by atoms with Crippen LogP contribution in [0, 0.1) is 0 Å². The van der Waals surface area contributed by atoms with Gasteiger partial charge in [0.25, 0.3) is 5.91 Å². The third-order valence-corrected chi connectivity index (χ3v) is 3.75. The van der Waals surface area contributed by atoms with Crippen molar-refractivity contribution in [3.05, 3.63) is 83.9 Å². The van der Waals surface area contributed by atoms with Gasteiger partial charge < -0.3 is 5.32 Å². The molecule has 3 nitrogen and oxygen atoms in total. The summed E-state index contributed by atoms with van der Waals surface area (Å²) in [7, 11) is 0. The highest BCUT2D eigenvalue weighted by atomic mass is 16.1. The zero-order valence-corrected chi connectivity index (χ0v) is 13.8. The molecule has 23 heavy (non-hydrogen) atoms. The number of amidine groups is 1. The molecule has 0 heterocycles. The van der Waals surface area contributed by atoms with E-state index in [4.69, 9.17) is 4.99 Å². The molecule has 118 valence electrons. The van der Waals surface area contributed by atoms with Crippen LogP contribution in [0.25, 0.3) is 0 Å². The minimum atomic E-state index is -0.463. The number of nitrogens with zero attached hydrogens (tertiary/aromatic N) is 1. The van der Waals surface area contributed by atoms with E-state index in [1.807, 2.05) is 69.3 Å². The van der Waals surface area contributed by atoms with E-state index in [0.717, 1.165) is 11.1 Å². The first-order valence-corrected chi connectivity index (χ1v) is 7.58. The number of benzene rings is 2. The Morgan fingerprint density at radius 2 is 1.43 bits per heavy atom. The topological polar surface area (TPSA) is 41.5 Å². The van der Waals surface area contributed by atoms with Crippen molar-refractivity contribution < 1.29 is 4.79 Å². The lowest BCUT2D eigenvalue weighted by Gasteiger charge is -2.22. The van der Waals surface area contributed by atoms with Gasteiger partial charge in [0.1, 0.15) is 5.84 Å². The van der Waals surface area contributed by atoms with Crippen molar-refractivity contribution in [1.82, 2.24) is 5.32 Å². The van der Waals surface area contributed by atoms with Gasteiger partial charge in [-0.2, -0.15) is 0 Å². The van der Waals surface area contributed by atoms with Gasteiger partial charge in [-0.25, -0.2) is 0 Å². The fourth-order valence-corrected chi connectivity index (χ4v) is 1.90. The van der Waals surface area contributed by atoms with Crippen molar-refractivity contribution in [2.75, 3.05) is 0 Å². The Balaban J connectivity index is 2.37. The number of hydrogen-bond acceptors (Lipinski definition) is 2. The summed E-state index contributed by atoms with van der Waals surface area (Å²) in [6.45, 7) is 9.88. The van der Waals surface area contributed by atoms with Crippen LogP contribution < -0.4 is 5.32 Å². The predicted octanol–water partition coefficient (Wildman–Crippen LogP) is 4.22. The van der Waals surface area contributed by atoms with Gasteiger partial charge in [0.2, 0.25) is 0 Å². The molecule has 1 amide bonds. The second-order valence-corrected chi connectivity index (χ2v) is 5.99. The molecule has 3 heteroatoms. The zero-order valence-electron chi connectivity index (χ0n) is 13.8. The Kier molecular flexibility index (Phi) is 5.12. The summed E-state index contributed by atoms with van der Waals surface area (Å²) in [5.74, 6) is 0.373. The molecule has 0 aliphatic rings. The van der Waals surface area contributed by atoms with Gasteiger partial charge in [-0.1, -0.05) is 60.7 Å². The fourth-order valence-electron chi connectivity index (χ4n) is 1.90. The highest BCUT2D eigenvalue weighted by Crippen LogP contribution is 2.19. The second-order valence-electron chi connectivity index (χ2n) is 5.99. The Morgan fingerprint density at radius 3 is 1.91 bits per heavy atom. The Bertz CT molecular complexity index is 716. The van der Waals surface area contributed by atoms with Crippen molar-refractivity contribution in [3.8, 4) is 0 Å². The molecule has 2 aromatic rings. The van der Waals surface area contributed by atoms with Crippen LogP contribution in [0.1, 0.15) is 36.7 Å². The summed E-state index contributed by atoms with van der Waals surface area (Å²) in [6, 6.07) is 18.8. The maximum absolute atomic E-state index is 12.5. The monoisotopic (exact) mass is 306 g/mol. The lowest BCUT2D eigenvalue weighted by atomic mass is 9.97. The van der Waals surface area contributed by atoms with E-state index in [1.165, 1.54) is 0 Å². The minimum absolute atomic E-state index is 0.175. The number of hydrogen-bond donors (Lipinski definition) is 1. The summed E-state index contributed by atoms with van der Waals surface area (Å²) in [4.78, 5) is 17.2. The first-order chi connectivity index (χ1) is 10.9. The number of aliphatic imine (C=N–C) groups is 1. The van der Waals surface area contributed by atoms with E-state index >= 15 is 0 Å². The van der Waals surface area contributed by atoms with Gasteiger partial charge in [-0.3, -0.25) is 9.79 Å². The lowest BCUT2D eigenvalue weighted by molar-refractivity contribution is 0.0977. The molecule has 1 N–H and O–H groups in total. The molecule has 2 aromatic carbocycles. The van der Waals surface area contributed by atoms with Crippen LogP contribution in [0.5, 0.6) is 0 Å². The van der Waals surface area contributed by atoms with E-state index in [1.54, 1.807) is 12.1 Å². The molecular weight excluding hydrogens is 284 g/mol. The van der Waals surface area contributed by atoms with Gasteiger partial charge in [0.05, 0.1) is 5.54 Å². The number of amides is 1. The quantitative estimate of drug-likeness (QED) is 0.513. The SMILES string of the molecule is C=C(C)C(C)(C)N=C(NC(=O)c1ccccc1)c1ccccc1. The zero-order chi connectivity index (χ0) is 16.9. The van der Waals surface area contributed by atoms with E-state index in [0.29, 0.717) is 11.4 Å². The van der Waals surface area contributed by atoms with Crippen molar-refractivity contribution in [1.29, 1.82) is 0 Å². The summed E-state index contributed by atoms with van der Waals surface area (Å²) < 4.78 is 0. The van der Waals surface area contributed by atoms with E-state index in [2.05, 4.69) is 11.9 Å². The maximum atomic E-state index is 12.5. The number of rotatable bonds is 4. The minimum Gasteiger partial charge on any atom is -0.306 e. The number of nitrogens with one attached hydrogen (secondary N) is 1. The van der Waals surface area contributed by atoms with Gasteiger partial charge in [-0.05, 0) is 32.9 Å². The largest absolute Gasteiger partial charge is 0.306 e. The third kappa shape index (κ3) is 4.39. The molecule has 0 spiro atoms. The van der Waals surface area contributed by atoms with E-state index in [-0.39, 0.29) is 5.91 Å². The first-order valence-electron chi connectivity index (χ1n) is 7.58. The molecule has 0 radical (unpaired) electrons. The van der Waals surface area contributed by atoms with Crippen LogP contribution in [0.4, 0.5) is 0 Å². The Hall–Kier alpha value is -2.68. The molecular formula is C20H22N2O. The normalized spacial score (nSPS) is 11.9. The van der Waals surface area contributed by atoms with E-state index in [9.17, 15) is 4.79 Å². The van der Waals surface area contributed by atoms with Crippen molar-refractivity contribution in [2.24, 2.45) is 4.99 Å². The summed E-state index contributed by atoms with van der Waals surface area (Å²) in [5.41, 5.74) is 1.94. The molecule has 0 aromatic heterocycles. The molecule has 0 unspecified atom stereocenters. The second kappa shape index (κ2) is 7.05. The number of carbonyl (C=O) groups is 1. The van der Waals surface area contributed by atoms with Gasteiger partial charge >= 0.3 is 0 Å². The summed E-state index contributed by atoms with van der Waals surface area (Å²) >= 11 is 0. The van der Waals surface area contributed by atoms with Gasteiger partial charge in [-0.15, -0.1) is 0 Å². The molecule has 0 aliphatic carbocycles. The summed E-state index contributed by atoms with van der Waals surface area (Å²) in [6.07, 6.45) is 0. The maximum Gasteiger partial charge on any atom is 0.256 e. The van der Waals surface area contributed by atoms with Crippen LogP contribution in [-0.4, -0.2) is 17.3 Å². The third-order valence-electron chi connectivity index (χ3n) is 3.75. The first kappa shape index (κ1) is 16.7. The highest BCUT2D eigenvalue weighted by Gasteiger charge is 2.20. The van der Waals surface area contributed by atoms with Gasteiger partial charge in [0, 0.05) is 11.1 Å². The lowest BCUT2D eigenvalue weighted by Crippen LogP contribution is -2.34. The number of carbonyl (C=O) groups excluding carboxylic acids is 1. The average Bonchev–Trinajstić information content (AvgIpc) is 2.55. The van der Waals surface area contributed by atoms with Crippen molar-refractivity contribution >= 4 is 11.7 Å². The molecule has 0 atom stereocenters.